The van der Waals surface area contributed by atoms with E-state index in [9.17, 15) is 0 Å². The third-order valence-electron chi connectivity index (χ3n) is 5.82. The number of nitrogens with two attached hydrogens (primary N) is 1. The maximum absolute atomic E-state index is 6.59. The lowest BCUT2D eigenvalue weighted by Crippen LogP contribution is -2.45. The molecule has 5 nitrogen and oxygen atoms in total. The molecule has 2 aliphatic heterocycles. The van der Waals surface area contributed by atoms with E-state index in [0.717, 1.165) is 48.3 Å². The first-order chi connectivity index (χ1) is 13.3. The lowest BCUT2D eigenvalue weighted by Gasteiger charge is -2.37. The molecule has 1 saturated carbocycles. The van der Waals surface area contributed by atoms with Crippen molar-refractivity contribution in [3.05, 3.63) is 41.6 Å². The van der Waals surface area contributed by atoms with Crippen molar-refractivity contribution in [3.63, 3.8) is 0 Å². The monoisotopic (exact) mass is 382 g/mol. The highest BCUT2D eigenvalue weighted by atomic mass is 32.2. The van der Waals surface area contributed by atoms with Crippen molar-refractivity contribution >= 4 is 17.6 Å². The van der Waals surface area contributed by atoms with Crippen LogP contribution in [0.1, 0.15) is 42.9 Å². The quantitative estimate of drug-likeness (QED) is 0.819. The van der Waals surface area contributed by atoms with Crippen LogP contribution in [0.5, 0.6) is 5.88 Å². The highest BCUT2D eigenvalue weighted by Crippen LogP contribution is 2.38. The Kier molecular flexibility index (Phi) is 4.70. The molecular weight excluding hydrogens is 356 g/mol. The Balaban J connectivity index is 1.38. The van der Waals surface area contributed by atoms with Crippen molar-refractivity contribution in [2.75, 3.05) is 23.8 Å². The molecule has 3 aliphatic rings. The lowest BCUT2D eigenvalue weighted by atomic mass is 9.94. The van der Waals surface area contributed by atoms with Gasteiger partial charge in [0.2, 0.25) is 0 Å². The summed E-state index contributed by atoms with van der Waals surface area (Å²) < 4.78 is 6.05. The minimum Gasteiger partial charge on any atom is -0.473 e. The topological polar surface area (TPSA) is 64.3 Å². The van der Waals surface area contributed by atoms with Crippen LogP contribution < -0.4 is 15.4 Å². The third kappa shape index (κ3) is 3.65. The van der Waals surface area contributed by atoms with Crippen LogP contribution in [0.25, 0.3) is 0 Å². The summed E-state index contributed by atoms with van der Waals surface area (Å²) in [6.07, 6.45) is 7.64. The minimum absolute atomic E-state index is 0.0262. The first kappa shape index (κ1) is 17.3. The van der Waals surface area contributed by atoms with Gasteiger partial charge in [0.05, 0.1) is 12.2 Å². The Morgan fingerprint density at radius 3 is 3.04 bits per heavy atom. The summed E-state index contributed by atoms with van der Waals surface area (Å²) in [5.74, 6) is 3.60. The Hall–Kier alpha value is -1.79. The molecule has 2 N–H and O–H groups in total. The summed E-state index contributed by atoms with van der Waals surface area (Å²) in [5, 5.41) is 0.979. The van der Waals surface area contributed by atoms with Crippen molar-refractivity contribution in [2.24, 2.45) is 11.7 Å². The first-order valence-corrected chi connectivity index (χ1v) is 11.0. The summed E-state index contributed by atoms with van der Waals surface area (Å²) in [6.45, 7) is 1.60. The van der Waals surface area contributed by atoms with Gasteiger partial charge in [-0.3, -0.25) is 0 Å². The van der Waals surface area contributed by atoms with Gasteiger partial charge in [-0.2, -0.15) is 0 Å². The number of hydrogen-bond donors (Lipinski definition) is 1. The summed E-state index contributed by atoms with van der Waals surface area (Å²) in [7, 11) is 0. The number of fused-ring (bicyclic) bond motifs is 4. The zero-order valence-corrected chi connectivity index (χ0v) is 16.3. The predicted octanol–water partition coefficient (Wildman–Crippen LogP) is 3.58. The maximum Gasteiger partial charge on any atom is 0.258 e. The average Bonchev–Trinajstić information content (AvgIpc) is 3.51. The number of rotatable bonds is 3. The second-order valence-electron chi connectivity index (χ2n) is 7.89. The Morgan fingerprint density at radius 2 is 2.15 bits per heavy atom. The first-order valence-electron chi connectivity index (χ1n) is 10.0. The molecule has 0 saturated heterocycles. The number of ether oxygens (including phenoxy) is 1. The van der Waals surface area contributed by atoms with Crippen molar-refractivity contribution in [3.8, 4) is 5.88 Å². The second-order valence-corrected chi connectivity index (χ2v) is 8.93. The van der Waals surface area contributed by atoms with E-state index in [1.54, 1.807) is 11.8 Å². The number of aromatic nitrogens is 2. The molecule has 0 amide bonds. The molecule has 5 rings (SSSR count). The number of aryl methyl sites for hydroxylation is 1. The molecular formula is C21H26N4OS. The molecule has 3 heterocycles. The van der Waals surface area contributed by atoms with Crippen LogP contribution in [0.15, 0.2) is 35.5 Å². The Morgan fingerprint density at radius 1 is 1.26 bits per heavy atom. The van der Waals surface area contributed by atoms with Gasteiger partial charge >= 0.3 is 0 Å². The molecule has 0 radical (unpaired) electrons. The van der Waals surface area contributed by atoms with Gasteiger partial charge in [-0.15, -0.1) is 11.8 Å². The molecule has 6 heteroatoms. The van der Waals surface area contributed by atoms with E-state index in [1.165, 1.54) is 24.0 Å². The highest BCUT2D eigenvalue weighted by molar-refractivity contribution is 7.99. The minimum atomic E-state index is 0.0262. The summed E-state index contributed by atoms with van der Waals surface area (Å²) in [5.41, 5.74) is 9.25. The van der Waals surface area contributed by atoms with E-state index >= 15 is 0 Å². The van der Waals surface area contributed by atoms with Crippen LogP contribution in [0.4, 0.5) is 5.82 Å². The van der Waals surface area contributed by atoms with E-state index in [4.69, 9.17) is 20.4 Å². The molecule has 1 aliphatic carbocycles. The van der Waals surface area contributed by atoms with Gasteiger partial charge in [0.25, 0.3) is 5.88 Å². The van der Waals surface area contributed by atoms with Gasteiger partial charge in [0.15, 0.2) is 5.82 Å². The fourth-order valence-corrected chi connectivity index (χ4v) is 5.12. The summed E-state index contributed by atoms with van der Waals surface area (Å²) in [4.78, 5) is 11.9. The molecule has 142 valence electrons. The molecule has 0 bridgehead atoms. The van der Waals surface area contributed by atoms with Gasteiger partial charge in [-0.05, 0) is 49.1 Å². The van der Waals surface area contributed by atoms with Crippen molar-refractivity contribution in [1.82, 2.24) is 9.97 Å². The normalized spacial score (nSPS) is 24.6. The lowest BCUT2D eigenvalue weighted by molar-refractivity contribution is 0.235. The fraction of sp³-hybridized carbons (Fsp3) is 0.524. The SMILES string of the molecule is N[C@H]1C[C@@H]2COc3nc(SCC4CC4)cnc3N2CCCc2ccccc21. The van der Waals surface area contributed by atoms with Crippen LogP contribution in [-0.4, -0.2) is 34.9 Å². The van der Waals surface area contributed by atoms with Crippen LogP contribution >= 0.6 is 11.8 Å². The number of nitrogens with zero attached hydrogens (tertiary/aromatic N) is 3. The molecule has 1 aromatic heterocycles. The largest absolute Gasteiger partial charge is 0.473 e. The summed E-state index contributed by atoms with van der Waals surface area (Å²) in [6, 6.07) is 8.87. The molecule has 27 heavy (non-hydrogen) atoms. The zero-order valence-electron chi connectivity index (χ0n) is 15.5. The maximum atomic E-state index is 6.59. The van der Waals surface area contributed by atoms with Crippen molar-refractivity contribution < 1.29 is 4.74 Å². The van der Waals surface area contributed by atoms with Crippen LogP contribution in [0.3, 0.4) is 0 Å². The third-order valence-corrected chi connectivity index (χ3v) is 6.95. The van der Waals surface area contributed by atoms with Crippen LogP contribution in [0, 0.1) is 5.92 Å². The van der Waals surface area contributed by atoms with Crippen molar-refractivity contribution in [2.45, 2.75) is 49.2 Å². The average molecular weight is 383 g/mol. The molecule has 2 aromatic rings. The number of benzene rings is 1. The molecule has 2 atom stereocenters. The Bertz CT molecular complexity index is 826. The predicted molar refractivity (Wildman–Crippen MR) is 108 cm³/mol. The second kappa shape index (κ2) is 7.32. The van der Waals surface area contributed by atoms with Gasteiger partial charge in [0, 0.05) is 18.3 Å². The van der Waals surface area contributed by atoms with Crippen molar-refractivity contribution in [1.29, 1.82) is 0 Å². The number of anilines is 1. The van der Waals surface area contributed by atoms with E-state index in [-0.39, 0.29) is 12.1 Å². The Labute approximate surface area is 164 Å². The number of thioether (sulfide) groups is 1. The smallest absolute Gasteiger partial charge is 0.258 e. The van der Waals surface area contributed by atoms with E-state index in [2.05, 4.69) is 29.2 Å². The molecule has 1 fully saturated rings. The molecule has 0 unspecified atom stereocenters. The zero-order chi connectivity index (χ0) is 18.2. The summed E-state index contributed by atoms with van der Waals surface area (Å²) >= 11 is 1.80. The molecule has 1 aromatic carbocycles. The van der Waals surface area contributed by atoms with Gasteiger partial charge in [0.1, 0.15) is 11.6 Å². The van der Waals surface area contributed by atoms with Gasteiger partial charge in [-0.1, -0.05) is 24.3 Å². The molecule has 0 spiro atoms. The van der Waals surface area contributed by atoms with Crippen LogP contribution in [0.2, 0.25) is 0 Å². The highest BCUT2D eigenvalue weighted by Gasteiger charge is 2.33. The number of hydrogen-bond acceptors (Lipinski definition) is 6. The van der Waals surface area contributed by atoms with Crippen LogP contribution in [-0.2, 0) is 6.42 Å². The van der Waals surface area contributed by atoms with E-state index < -0.39 is 0 Å². The standard InChI is InChI=1S/C21H26N4OS/c22-18-10-16-12-26-21-20(23-11-19(24-21)27-13-14-7-8-14)25(16)9-3-5-15-4-1-2-6-17(15)18/h1-2,4,6,11,14,16,18H,3,5,7-10,12-13,22H2/t16-,18+/m1/s1. The fourth-order valence-electron chi connectivity index (χ4n) is 4.11. The van der Waals surface area contributed by atoms with E-state index in [1.807, 2.05) is 6.20 Å². The van der Waals surface area contributed by atoms with Gasteiger partial charge < -0.3 is 15.4 Å². The van der Waals surface area contributed by atoms with E-state index in [0.29, 0.717) is 12.5 Å². The van der Waals surface area contributed by atoms with Gasteiger partial charge in [-0.25, -0.2) is 9.97 Å².